The van der Waals surface area contributed by atoms with Gasteiger partial charge < -0.3 is 10.7 Å². The van der Waals surface area contributed by atoms with E-state index >= 15 is 0 Å². The third kappa shape index (κ3) is 2.95. The van der Waals surface area contributed by atoms with Crippen LogP contribution in [0.25, 0.3) is 0 Å². The minimum absolute atomic E-state index is 0.481. The fourth-order valence-corrected chi connectivity index (χ4v) is 2.24. The Bertz CT molecular complexity index is 651. The van der Waals surface area contributed by atoms with E-state index in [4.69, 9.17) is 5.84 Å². The molecule has 0 aromatic carbocycles. The van der Waals surface area contributed by atoms with Gasteiger partial charge in [-0.25, -0.2) is 15.8 Å². The van der Waals surface area contributed by atoms with Gasteiger partial charge >= 0.3 is 0 Å². The second kappa shape index (κ2) is 5.65. The monoisotopic (exact) mass is 284 g/mol. The highest BCUT2D eigenvalue weighted by Crippen LogP contribution is 2.39. The first-order valence-corrected chi connectivity index (χ1v) is 7.18. The highest BCUT2D eigenvalue weighted by molar-refractivity contribution is 5.57. The molecule has 4 N–H and O–H groups in total. The maximum atomic E-state index is 5.56. The first-order valence-electron chi connectivity index (χ1n) is 7.18. The zero-order chi connectivity index (χ0) is 14.8. The van der Waals surface area contributed by atoms with Crippen molar-refractivity contribution in [1.82, 2.24) is 15.0 Å². The smallest absolute Gasteiger partial charge is 0.148 e. The van der Waals surface area contributed by atoms with Gasteiger partial charge in [-0.3, -0.25) is 4.98 Å². The van der Waals surface area contributed by atoms with Crippen molar-refractivity contribution in [3.8, 4) is 0 Å². The van der Waals surface area contributed by atoms with Gasteiger partial charge in [-0.05, 0) is 38.3 Å². The van der Waals surface area contributed by atoms with Crippen molar-refractivity contribution in [1.29, 1.82) is 0 Å². The Hall–Kier alpha value is -2.21. The van der Waals surface area contributed by atoms with Crippen LogP contribution in [-0.4, -0.2) is 15.0 Å². The molecule has 1 saturated carbocycles. The molecule has 1 fully saturated rings. The molecule has 2 aromatic rings. The summed E-state index contributed by atoms with van der Waals surface area (Å²) in [5, 5.41) is 3.36. The number of hydrazine groups is 1. The van der Waals surface area contributed by atoms with Crippen LogP contribution in [0, 0.1) is 13.8 Å². The predicted molar refractivity (Wildman–Crippen MR) is 82.9 cm³/mol. The number of aryl methyl sites for hydroxylation is 1. The number of anilines is 2. The minimum atomic E-state index is 0.481. The van der Waals surface area contributed by atoms with Crippen LogP contribution in [0.5, 0.6) is 0 Å². The fraction of sp³-hybridized carbons (Fsp3) is 0.400. The predicted octanol–water partition coefficient (Wildman–Crippen LogP) is 2.26. The van der Waals surface area contributed by atoms with Gasteiger partial charge in [0.1, 0.15) is 17.5 Å². The summed E-state index contributed by atoms with van der Waals surface area (Å²) in [5.74, 6) is 8.42. The Kier molecular flexibility index (Phi) is 3.70. The van der Waals surface area contributed by atoms with E-state index in [0.29, 0.717) is 18.3 Å². The zero-order valence-corrected chi connectivity index (χ0v) is 12.3. The second-order valence-corrected chi connectivity index (χ2v) is 5.44. The Labute approximate surface area is 124 Å². The highest BCUT2D eigenvalue weighted by Gasteiger charge is 2.28. The van der Waals surface area contributed by atoms with Crippen molar-refractivity contribution in [2.75, 3.05) is 10.7 Å². The molecule has 0 bridgehead atoms. The molecular weight excluding hydrogens is 264 g/mol. The zero-order valence-electron chi connectivity index (χ0n) is 12.3. The molecule has 3 rings (SSSR count). The summed E-state index contributed by atoms with van der Waals surface area (Å²) in [6, 6.07) is 4.00. The van der Waals surface area contributed by atoms with Gasteiger partial charge in [0, 0.05) is 17.7 Å². The number of nitrogens with zero attached hydrogens (tertiary/aromatic N) is 3. The van der Waals surface area contributed by atoms with E-state index < -0.39 is 0 Å². The van der Waals surface area contributed by atoms with Crippen LogP contribution in [0.3, 0.4) is 0 Å². The lowest BCUT2D eigenvalue weighted by atomic mass is 10.2. The van der Waals surface area contributed by atoms with Gasteiger partial charge in [0.25, 0.3) is 0 Å². The normalized spacial score (nSPS) is 14.0. The van der Waals surface area contributed by atoms with Crippen molar-refractivity contribution in [2.45, 2.75) is 39.2 Å². The lowest BCUT2D eigenvalue weighted by Gasteiger charge is -2.14. The van der Waals surface area contributed by atoms with Crippen molar-refractivity contribution in [3.05, 3.63) is 41.0 Å². The lowest BCUT2D eigenvalue weighted by Crippen LogP contribution is -2.15. The molecular formula is C15H20N6. The summed E-state index contributed by atoms with van der Waals surface area (Å²) in [4.78, 5) is 13.5. The number of hydrogen-bond donors (Lipinski definition) is 3. The molecule has 2 heterocycles. The van der Waals surface area contributed by atoms with Gasteiger partial charge in [-0.1, -0.05) is 6.07 Å². The maximum Gasteiger partial charge on any atom is 0.148 e. The molecule has 0 unspecified atom stereocenters. The number of nitrogens with two attached hydrogens (primary N) is 1. The molecule has 0 radical (unpaired) electrons. The fourth-order valence-electron chi connectivity index (χ4n) is 2.24. The topological polar surface area (TPSA) is 88.8 Å². The van der Waals surface area contributed by atoms with E-state index in [1.807, 2.05) is 13.0 Å². The molecule has 0 saturated heterocycles. The van der Waals surface area contributed by atoms with Gasteiger partial charge in [-0.15, -0.1) is 0 Å². The highest BCUT2D eigenvalue weighted by atomic mass is 15.3. The molecule has 0 aliphatic heterocycles. The van der Waals surface area contributed by atoms with Crippen LogP contribution in [0.15, 0.2) is 18.3 Å². The second-order valence-electron chi connectivity index (χ2n) is 5.44. The third-order valence-electron chi connectivity index (χ3n) is 3.78. The maximum absolute atomic E-state index is 5.56. The number of aromatic nitrogens is 3. The van der Waals surface area contributed by atoms with E-state index in [1.54, 1.807) is 6.20 Å². The van der Waals surface area contributed by atoms with Crippen LogP contribution in [0.4, 0.5) is 11.6 Å². The molecule has 21 heavy (non-hydrogen) atoms. The summed E-state index contributed by atoms with van der Waals surface area (Å²) in [6.07, 6.45) is 4.12. The summed E-state index contributed by atoms with van der Waals surface area (Å²) >= 11 is 0. The van der Waals surface area contributed by atoms with Crippen LogP contribution >= 0.6 is 0 Å². The van der Waals surface area contributed by atoms with E-state index in [2.05, 4.69) is 38.7 Å². The van der Waals surface area contributed by atoms with Crippen LogP contribution < -0.4 is 16.6 Å². The van der Waals surface area contributed by atoms with Crippen molar-refractivity contribution >= 4 is 11.6 Å². The molecule has 0 amide bonds. The van der Waals surface area contributed by atoms with Crippen LogP contribution in [-0.2, 0) is 6.54 Å². The summed E-state index contributed by atoms with van der Waals surface area (Å²) in [6.45, 7) is 4.65. The Balaban J connectivity index is 1.84. The Morgan fingerprint density at radius 3 is 2.67 bits per heavy atom. The number of nitrogens with one attached hydrogen (secondary N) is 2. The molecule has 6 nitrogen and oxygen atoms in total. The van der Waals surface area contributed by atoms with Crippen molar-refractivity contribution < 1.29 is 0 Å². The number of pyridine rings is 1. The van der Waals surface area contributed by atoms with Crippen LogP contribution in [0.2, 0.25) is 0 Å². The molecule has 0 atom stereocenters. The average molecular weight is 284 g/mol. The van der Waals surface area contributed by atoms with Crippen molar-refractivity contribution in [2.24, 2.45) is 5.84 Å². The number of rotatable bonds is 5. The molecule has 6 heteroatoms. The summed E-state index contributed by atoms with van der Waals surface area (Å²) < 4.78 is 0. The van der Waals surface area contributed by atoms with Gasteiger partial charge in [0.2, 0.25) is 0 Å². The average Bonchev–Trinajstić information content (AvgIpc) is 3.32. The first-order chi connectivity index (χ1) is 10.2. The van der Waals surface area contributed by atoms with Gasteiger partial charge in [0.15, 0.2) is 0 Å². The van der Waals surface area contributed by atoms with Crippen molar-refractivity contribution in [3.63, 3.8) is 0 Å². The summed E-state index contributed by atoms with van der Waals surface area (Å²) in [7, 11) is 0. The van der Waals surface area contributed by atoms with Gasteiger partial charge in [-0.2, -0.15) is 0 Å². The van der Waals surface area contributed by atoms with E-state index in [0.717, 1.165) is 41.3 Å². The first kappa shape index (κ1) is 13.8. The van der Waals surface area contributed by atoms with Crippen LogP contribution in [0.1, 0.15) is 41.4 Å². The SMILES string of the molecule is Cc1cccnc1CNc1nc(C2CC2)nc(NN)c1C. The molecule has 1 aliphatic rings. The minimum Gasteiger partial charge on any atom is -0.364 e. The Morgan fingerprint density at radius 1 is 1.24 bits per heavy atom. The summed E-state index contributed by atoms with van der Waals surface area (Å²) in [5.41, 5.74) is 5.77. The molecule has 0 spiro atoms. The lowest BCUT2D eigenvalue weighted by molar-refractivity contribution is 0.904. The Morgan fingerprint density at radius 2 is 2.00 bits per heavy atom. The van der Waals surface area contributed by atoms with E-state index in [-0.39, 0.29) is 0 Å². The van der Waals surface area contributed by atoms with Gasteiger partial charge in [0.05, 0.1) is 12.2 Å². The standard InChI is InChI=1S/C15H20N6/c1-9-4-3-7-17-12(9)8-18-13-10(2)14(21-16)20-15(19-13)11-5-6-11/h3-4,7,11H,5-6,8,16H2,1-2H3,(H2,18,19,20,21). The van der Waals surface area contributed by atoms with E-state index in [1.165, 1.54) is 0 Å². The third-order valence-corrected chi connectivity index (χ3v) is 3.78. The number of hydrogen-bond acceptors (Lipinski definition) is 6. The number of nitrogen functional groups attached to an aromatic ring is 1. The van der Waals surface area contributed by atoms with E-state index in [9.17, 15) is 0 Å². The molecule has 2 aromatic heterocycles. The molecule has 1 aliphatic carbocycles. The molecule has 110 valence electrons. The largest absolute Gasteiger partial charge is 0.364 e. The quantitative estimate of drug-likeness (QED) is 0.576.